The van der Waals surface area contributed by atoms with Crippen LogP contribution in [0.3, 0.4) is 0 Å². The van der Waals surface area contributed by atoms with Crippen LogP contribution < -0.4 is 4.74 Å². The minimum absolute atomic E-state index is 0.283. The molecular weight excluding hydrogens is 193 g/mol. The van der Waals surface area contributed by atoms with E-state index in [9.17, 15) is 4.39 Å². The quantitative estimate of drug-likeness (QED) is 0.741. The van der Waals surface area contributed by atoms with Crippen molar-refractivity contribution in [3.8, 4) is 5.75 Å². The summed E-state index contributed by atoms with van der Waals surface area (Å²) in [6, 6.07) is 5.13. The average molecular weight is 211 g/mol. The average Bonchev–Trinajstić information content (AvgIpc) is 2.26. The number of likely N-dealkylation sites (N-methyl/N-ethyl adjacent to an activating group) is 1. The lowest BCUT2D eigenvalue weighted by molar-refractivity contribution is 0.356. The molecule has 0 aliphatic carbocycles. The zero-order valence-electron chi connectivity index (χ0n) is 9.59. The molecule has 0 aliphatic rings. The predicted octanol–water partition coefficient (Wildman–Crippen LogP) is 2.33. The fourth-order valence-electron chi connectivity index (χ4n) is 1.34. The van der Waals surface area contributed by atoms with Gasteiger partial charge in [0.05, 0.1) is 7.11 Å². The van der Waals surface area contributed by atoms with Crippen LogP contribution in [0.15, 0.2) is 18.2 Å². The molecule has 1 aromatic carbocycles. The van der Waals surface area contributed by atoms with E-state index in [1.54, 1.807) is 12.1 Å². The number of ether oxygens (including phenoxy) is 1. The summed E-state index contributed by atoms with van der Waals surface area (Å²) < 4.78 is 18.2. The van der Waals surface area contributed by atoms with Crippen LogP contribution >= 0.6 is 0 Å². The molecule has 0 unspecified atom stereocenters. The Hall–Kier alpha value is -1.09. The Morgan fingerprint density at radius 3 is 2.67 bits per heavy atom. The lowest BCUT2D eigenvalue weighted by atomic mass is 10.1. The van der Waals surface area contributed by atoms with Gasteiger partial charge in [-0.1, -0.05) is 13.0 Å². The first-order valence-corrected chi connectivity index (χ1v) is 5.18. The summed E-state index contributed by atoms with van der Waals surface area (Å²) >= 11 is 0. The fourth-order valence-corrected chi connectivity index (χ4v) is 1.34. The van der Waals surface area contributed by atoms with Crippen LogP contribution in [0.2, 0.25) is 0 Å². The molecule has 0 N–H and O–H groups in total. The number of nitrogens with zero attached hydrogens (tertiary/aromatic N) is 1. The molecule has 0 atom stereocenters. The van der Waals surface area contributed by atoms with E-state index in [2.05, 4.69) is 18.9 Å². The molecule has 15 heavy (non-hydrogen) atoms. The maximum atomic E-state index is 13.3. The fraction of sp³-hybridized carbons (Fsp3) is 0.500. The van der Waals surface area contributed by atoms with Crippen molar-refractivity contribution in [2.45, 2.75) is 13.3 Å². The Bertz CT molecular complexity index is 314. The van der Waals surface area contributed by atoms with Crippen LogP contribution in [0.25, 0.3) is 0 Å². The highest BCUT2D eigenvalue weighted by atomic mass is 19.1. The number of methoxy groups -OCH3 is 1. The van der Waals surface area contributed by atoms with Gasteiger partial charge in [-0.2, -0.15) is 0 Å². The van der Waals surface area contributed by atoms with Crippen molar-refractivity contribution in [3.63, 3.8) is 0 Å². The van der Waals surface area contributed by atoms with Gasteiger partial charge in [-0.05, 0) is 37.7 Å². The standard InChI is InChI=1S/C12H18FNO/c1-4-14(2)8-7-10-5-6-12(15-3)11(13)9-10/h5-6,9H,4,7-8H2,1-3H3. The third kappa shape index (κ3) is 3.51. The molecule has 84 valence electrons. The monoisotopic (exact) mass is 211 g/mol. The summed E-state index contributed by atoms with van der Waals surface area (Å²) in [6.07, 6.45) is 0.866. The van der Waals surface area contributed by atoms with Crippen molar-refractivity contribution in [3.05, 3.63) is 29.6 Å². The Labute approximate surface area is 90.7 Å². The first-order valence-electron chi connectivity index (χ1n) is 5.18. The summed E-state index contributed by atoms with van der Waals surface area (Å²) in [4.78, 5) is 2.20. The van der Waals surface area contributed by atoms with Crippen molar-refractivity contribution >= 4 is 0 Å². The lowest BCUT2D eigenvalue weighted by Crippen LogP contribution is -2.20. The van der Waals surface area contributed by atoms with Crippen LogP contribution in [-0.4, -0.2) is 32.1 Å². The molecule has 0 amide bonds. The normalized spacial score (nSPS) is 10.7. The van der Waals surface area contributed by atoms with Gasteiger partial charge in [0.25, 0.3) is 0 Å². The van der Waals surface area contributed by atoms with Crippen molar-refractivity contribution in [1.29, 1.82) is 0 Å². The topological polar surface area (TPSA) is 12.5 Å². The summed E-state index contributed by atoms with van der Waals surface area (Å²) in [5.74, 6) is 0.0248. The van der Waals surface area contributed by atoms with E-state index in [1.165, 1.54) is 7.11 Å². The highest BCUT2D eigenvalue weighted by Crippen LogP contribution is 2.17. The number of hydrogen-bond acceptors (Lipinski definition) is 2. The van der Waals surface area contributed by atoms with Gasteiger partial charge in [0.2, 0.25) is 0 Å². The van der Waals surface area contributed by atoms with E-state index in [0.29, 0.717) is 5.75 Å². The van der Waals surface area contributed by atoms with Crippen LogP contribution in [0.5, 0.6) is 5.75 Å². The molecule has 2 nitrogen and oxygen atoms in total. The maximum absolute atomic E-state index is 13.3. The van der Waals surface area contributed by atoms with Crippen molar-refractivity contribution in [2.24, 2.45) is 0 Å². The zero-order chi connectivity index (χ0) is 11.3. The van der Waals surface area contributed by atoms with Gasteiger partial charge in [-0.3, -0.25) is 0 Å². The highest BCUT2D eigenvalue weighted by molar-refractivity contribution is 5.29. The Kier molecular flexibility index (Phi) is 4.56. The van der Waals surface area contributed by atoms with Crippen LogP contribution in [0.4, 0.5) is 4.39 Å². The summed E-state index contributed by atoms with van der Waals surface area (Å²) in [7, 11) is 3.53. The van der Waals surface area contributed by atoms with E-state index in [-0.39, 0.29) is 5.82 Å². The molecule has 0 spiro atoms. The van der Waals surface area contributed by atoms with Gasteiger partial charge in [-0.15, -0.1) is 0 Å². The number of halogens is 1. The predicted molar refractivity (Wildman–Crippen MR) is 59.8 cm³/mol. The van der Waals surface area contributed by atoms with Gasteiger partial charge in [0, 0.05) is 6.54 Å². The van der Waals surface area contributed by atoms with E-state index < -0.39 is 0 Å². The van der Waals surface area contributed by atoms with E-state index in [0.717, 1.165) is 25.1 Å². The SMILES string of the molecule is CCN(C)CCc1ccc(OC)c(F)c1. The van der Waals surface area contributed by atoms with Gasteiger partial charge in [-0.25, -0.2) is 4.39 Å². The molecule has 0 aromatic heterocycles. The van der Waals surface area contributed by atoms with Crippen molar-refractivity contribution in [2.75, 3.05) is 27.2 Å². The second kappa shape index (κ2) is 5.71. The van der Waals surface area contributed by atoms with E-state index >= 15 is 0 Å². The summed E-state index contributed by atoms with van der Waals surface area (Å²) in [5, 5.41) is 0. The molecule has 0 bridgehead atoms. The Morgan fingerprint density at radius 1 is 1.40 bits per heavy atom. The first-order chi connectivity index (χ1) is 7.17. The summed E-state index contributed by atoms with van der Waals surface area (Å²) in [5.41, 5.74) is 1.01. The molecule has 1 aromatic rings. The van der Waals surface area contributed by atoms with Gasteiger partial charge < -0.3 is 9.64 Å². The van der Waals surface area contributed by atoms with Gasteiger partial charge in [0.15, 0.2) is 11.6 Å². The Morgan fingerprint density at radius 2 is 2.13 bits per heavy atom. The molecule has 0 heterocycles. The highest BCUT2D eigenvalue weighted by Gasteiger charge is 2.03. The minimum Gasteiger partial charge on any atom is -0.494 e. The van der Waals surface area contributed by atoms with Crippen molar-refractivity contribution < 1.29 is 9.13 Å². The molecular formula is C12H18FNO. The third-order valence-corrected chi connectivity index (χ3v) is 2.54. The number of benzene rings is 1. The summed E-state index contributed by atoms with van der Waals surface area (Å²) in [6.45, 7) is 4.06. The number of rotatable bonds is 5. The molecule has 0 radical (unpaired) electrons. The minimum atomic E-state index is -0.283. The van der Waals surface area contributed by atoms with Crippen molar-refractivity contribution in [1.82, 2.24) is 4.90 Å². The molecule has 0 aliphatic heterocycles. The molecule has 0 saturated carbocycles. The second-order valence-corrected chi connectivity index (χ2v) is 3.61. The molecule has 0 saturated heterocycles. The Balaban J connectivity index is 2.59. The van der Waals surface area contributed by atoms with E-state index in [4.69, 9.17) is 4.74 Å². The van der Waals surface area contributed by atoms with E-state index in [1.807, 2.05) is 6.07 Å². The smallest absolute Gasteiger partial charge is 0.165 e. The van der Waals surface area contributed by atoms with Crippen LogP contribution in [0, 0.1) is 5.82 Å². The molecule has 0 fully saturated rings. The first kappa shape index (κ1) is 12.0. The third-order valence-electron chi connectivity index (χ3n) is 2.54. The second-order valence-electron chi connectivity index (χ2n) is 3.61. The zero-order valence-corrected chi connectivity index (χ0v) is 9.59. The molecule has 3 heteroatoms. The molecule has 1 rings (SSSR count). The maximum Gasteiger partial charge on any atom is 0.165 e. The lowest BCUT2D eigenvalue weighted by Gasteiger charge is -2.13. The van der Waals surface area contributed by atoms with Gasteiger partial charge >= 0.3 is 0 Å². The van der Waals surface area contributed by atoms with Crippen LogP contribution in [-0.2, 0) is 6.42 Å². The largest absolute Gasteiger partial charge is 0.494 e. The number of hydrogen-bond donors (Lipinski definition) is 0. The van der Waals surface area contributed by atoms with Gasteiger partial charge in [0.1, 0.15) is 0 Å². The van der Waals surface area contributed by atoms with Crippen LogP contribution in [0.1, 0.15) is 12.5 Å².